The van der Waals surface area contributed by atoms with Gasteiger partial charge in [0.2, 0.25) is 5.91 Å². The second kappa shape index (κ2) is 16.0. The van der Waals surface area contributed by atoms with Crippen molar-refractivity contribution < 1.29 is 41.3 Å². The number of phenolic OH excluding ortho intramolecular Hbond substituents is 1. The number of primary amides is 1. The predicted molar refractivity (Wildman–Crippen MR) is 204 cm³/mol. The predicted octanol–water partition coefficient (Wildman–Crippen LogP) is 5.47. The van der Waals surface area contributed by atoms with E-state index in [9.17, 15) is 23.1 Å². The lowest BCUT2D eigenvalue weighted by Crippen LogP contribution is -2.62. The largest absolute Gasteiger partial charge is 0.508 e. The highest BCUT2D eigenvalue weighted by Gasteiger charge is 2.41. The van der Waals surface area contributed by atoms with E-state index in [4.69, 9.17) is 19.4 Å². The van der Waals surface area contributed by atoms with Crippen molar-refractivity contribution in [2.75, 3.05) is 39.7 Å². The number of quaternary nitrogens is 1. The Morgan fingerprint density at radius 3 is 2.37 bits per heavy atom. The van der Waals surface area contributed by atoms with Crippen LogP contribution >= 0.6 is 0 Å². The number of benzene rings is 4. The number of rotatable bonds is 13. The molecular weight excluding hydrogens is 711 g/mol. The van der Waals surface area contributed by atoms with Crippen LogP contribution in [-0.4, -0.2) is 86.3 Å². The molecule has 0 radical (unpaired) electrons. The molecule has 54 heavy (non-hydrogen) atoms. The maximum Gasteiger partial charge on any atom is 0.341 e. The number of aromatic hydroxyl groups is 1. The van der Waals surface area contributed by atoms with E-state index in [-0.39, 0.29) is 28.9 Å². The van der Waals surface area contributed by atoms with Crippen molar-refractivity contribution in [3.63, 3.8) is 0 Å². The van der Waals surface area contributed by atoms with E-state index in [1.54, 1.807) is 55.5 Å². The van der Waals surface area contributed by atoms with Gasteiger partial charge < -0.3 is 39.2 Å². The van der Waals surface area contributed by atoms with Crippen LogP contribution < -0.4 is 24.7 Å². The number of urea groups is 1. The van der Waals surface area contributed by atoms with E-state index in [1.807, 2.05) is 18.2 Å². The van der Waals surface area contributed by atoms with E-state index in [1.165, 1.54) is 48.7 Å². The first-order chi connectivity index (χ1) is 25.9. The van der Waals surface area contributed by atoms with Gasteiger partial charge in [0.25, 0.3) is 0 Å². The maximum atomic E-state index is 14.3. The number of hydrogen-bond acceptors (Lipinski definition) is 9. The Labute approximate surface area is 314 Å². The van der Waals surface area contributed by atoms with Gasteiger partial charge in [-0.3, -0.25) is 9.78 Å². The number of anilines is 1. The Hall–Kier alpha value is -5.86. The number of piperidine rings is 1. The van der Waals surface area contributed by atoms with Crippen LogP contribution in [0.25, 0.3) is 10.9 Å². The van der Waals surface area contributed by atoms with Gasteiger partial charge in [-0.2, -0.15) is 8.42 Å². The number of amides is 3. The number of ether oxygens (including phenoxy) is 2. The van der Waals surface area contributed by atoms with Crippen molar-refractivity contribution in [2.45, 2.75) is 42.8 Å². The SMILES string of the molecule is COc1ccc(C[N+]2(C)CCC[C@H](N(C(=O)Nc3ccc(OS(=O)(=O)c4cccc5cccnc45)cc3)[C@@H](Cc3ccc(O)cc3)C(N)=O)C2)cc1OC. The van der Waals surface area contributed by atoms with Crippen LogP contribution in [0.4, 0.5) is 10.5 Å². The van der Waals surface area contributed by atoms with Gasteiger partial charge in [-0.15, -0.1) is 0 Å². The number of hydrogen-bond donors (Lipinski definition) is 3. The highest BCUT2D eigenvalue weighted by atomic mass is 32.2. The molecule has 1 aliphatic rings. The lowest BCUT2D eigenvalue weighted by molar-refractivity contribution is -0.928. The van der Waals surface area contributed by atoms with Crippen LogP contribution in [-0.2, 0) is 27.9 Å². The molecular formula is C40H44N5O8S+. The lowest BCUT2D eigenvalue weighted by Gasteiger charge is -2.46. The first-order valence-corrected chi connectivity index (χ1v) is 18.9. The number of para-hydroxylation sites is 1. The summed E-state index contributed by atoms with van der Waals surface area (Å²) in [6, 6.07) is 24.6. The molecule has 1 unspecified atom stereocenters. The van der Waals surface area contributed by atoms with Gasteiger partial charge in [-0.1, -0.05) is 30.3 Å². The summed E-state index contributed by atoms with van der Waals surface area (Å²) >= 11 is 0. The highest BCUT2D eigenvalue weighted by molar-refractivity contribution is 7.87. The number of aromatic nitrogens is 1. The number of carbonyl (C=O) groups is 2. The molecule has 0 saturated carbocycles. The standard InChI is InChI=1S/C40H43N5O8S/c1-45(25-28-13-20-35(51-2)36(24-28)52-3)22-6-9-31(26-45)44(34(39(41)47)23-27-11-16-32(46)17-12-27)40(48)43-30-14-18-33(19-15-30)53-54(49,50)37-10-4-7-29-8-5-21-42-38(29)37/h4-5,7-8,10-21,24,31,34H,6,9,22-23,25-26H2,1-3H3,(H3-,41,43,46,47,48)/p+1/t31-,34-,45?/m0/s1. The molecule has 4 N–H and O–H groups in total. The molecule has 5 aromatic rings. The molecule has 282 valence electrons. The number of carbonyl (C=O) groups excluding carboxylic acids is 2. The molecule has 6 rings (SSSR count). The van der Waals surface area contributed by atoms with Crippen LogP contribution in [0, 0.1) is 0 Å². The van der Waals surface area contributed by atoms with Crippen molar-refractivity contribution in [2.24, 2.45) is 5.73 Å². The van der Waals surface area contributed by atoms with E-state index < -0.39 is 28.1 Å². The molecule has 3 atom stereocenters. The van der Waals surface area contributed by atoms with Crippen LogP contribution in [0.3, 0.4) is 0 Å². The van der Waals surface area contributed by atoms with E-state index in [2.05, 4.69) is 17.3 Å². The van der Waals surface area contributed by atoms with Gasteiger partial charge in [-0.25, -0.2) is 4.79 Å². The van der Waals surface area contributed by atoms with Gasteiger partial charge in [0, 0.05) is 29.3 Å². The third-order valence-corrected chi connectivity index (χ3v) is 11.0. The zero-order valence-corrected chi connectivity index (χ0v) is 31.2. The van der Waals surface area contributed by atoms with E-state index in [0.717, 1.165) is 24.1 Å². The molecule has 1 aliphatic heterocycles. The smallest absolute Gasteiger partial charge is 0.341 e. The van der Waals surface area contributed by atoms with Gasteiger partial charge in [0.05, 0.1) is 45.9 Å². The normalized spacial score (nSPS) is 17.6. The third kappa shape index (κ3) is 8.67. The van der Waals surface area contributed by atoms with Crippen molar-refractivity contribution in [1.82, 2.24) is 9.88 Å². The number of nitrogens with zero attached hydrogens (tertiary/aromatic N) is 3. The molecule has 14 heteroatoms. The molecule has 4 aromatic carbocycles. The number of nitrogens with two attached hydrogens (primary N) is 1. The summed E-state index contributed by atoms with van der Waals surface area (Å²) in [6.45, 7) is 2.03. The number of nitrogens with one attached hydrogen (secondary N) is 1. The minimum absolute atomic E-state index is 0.0376. The summed E-state index contributed by atoms with van der Waals surface area (Å²) < 4.78 is 43.5. The third-order valence-electron chi connectivity index (χ3n) is 9.73. The zero-order valence-electron chi connectivity index (χ0n) is 30.3. The number of methoxy groups -OCH3 is 2. The van der Waals surface area contributed by atoms with Gasteiger partial charge in [0.15, 0.2) is 11.5 Å². The second-order valence-electron chi connectivity index (χ2n) is 13.7. The van der Waals surface area contributed by atoms with Gasteiger partial charge >= 0.3 is 16.1 Å². The van der Waals surface area contributed by atoms with Crippen LogP contribution in [0.2, 0.25) is 0 Å². The average Bonchev–Trinajstić information content (AvgIpc) is 3.15. The molecule has 13 nitrogen and oxygen atoms in total. The molecule has 0 bridgehead atoms. The fourth-order valence-corrected chi connectivity index (χ4v) is 8.28. The molecule has 0 aliphatic carbocycles. The second-order valence-corrected chi connectivity index (χ2v) is 15.2. The van der Waals surface area contributed by atoms with E-state index >= 15 is 0 Å². The Morgan fingerprint density at radius 1 is 0.963 bits per heavy atom. The van der Waals surface area contributed by atoms with Crippen molar-refractivity contribution in [3.8, 4) is 23.0 Å². The van der Waals surface area contributed by atoms with E-state index in [0.29, 0.717) is 52.1 Å². The maximum absolute atomic E-state index is 14.3. The summed E-state index contributed by atoms with van der Waals surface area (Å²) in [4.78, 5) is 33.3. The topological polar surface area (TPSA) is 170 Å². The van der Waals surface area contributed by atoms with Gasteiger partial charge in [-0.05, 0) is 85.1 Å². The number of likely N-dealkylation sites (tertiary alicyclic amines) is 1. The summed E-state index contributed by atoms with van der Waals surface area (Å²) in [5.74, 6) is 0.697. The Bertz CT molecular complexity index is 2230. The van der Waals surface area contributed by atoms with Crippen molar-refractivity contribution >= 4 is 38.6 Å². The van der Waals surface area contributed by atoms with Gasteiger partial charge in [0.1, 0.15) is 29.0 Å². The highest BCUT2D eigenvalue weighted by Crippen LogP contribution is 2.32. The number of phenols is 1. The first-order valence-electron chi connectivity index (χ1n) is 17.5. The Balaban J connectivity index is 1.25. The van der Waals surface area contributed by atoms with Crippen molar-refractivity contribution in [3.05, 3.63) is 114 Å². The Kier molecular flexibility index (Phi) is 11.2. The summed E-state index contributed by atoms with van der Waals surface area (Å²) in [5.41, 5.74) is 8.44. The summed E-state index contributed by atoms with van der Waals surface area (Å²) in [5, 5.41) is 13.4. The van der Waals surface area contributed by atoms with Crippen LogP contribution in [0.5, 0.6) is 23.0 Å². The Morgan fingerprint density at radius 2 is 1.67 bits per heavy atom. The zero-order chi connectivity index (χ0) is 38.5. The minimum atomic E-state index is -4.24. The first kappa shape index (κ1) is 37.9. The molecule has 1 saturated heterocycles. The number of pyridine rings is 1. The summed E-state index contributed by atoms with van der Waals surface area (Å²) in [7, 11) is 1.07. The summed E-state index contributed by atoms with van der Waals surface area (Å²) in [6.07, 6.45) is 3.07. The molecule has 0 spiro atoms. The quantitative estimate of drug-likeness (QED) is 0.104. The molecule has 1 aromatic heterocycles. The van der Waals surface area contributed by atoms with Crippen LogP contribution in [0.1, 0.15) is 24.0 Å². The average molecular weight is 755 g/mol. The lowest BCUT2D eigenvalue weighted by atomic mass is 9.96. The molecule has 3 amide bonds. The minimum Gasteiger partial charge on any atom is -0.508 e. The number of fused-ring (bicyclic) bond motifs is 1. The number of likely N-dealkylation sites (N-methyl/N-ethyl adjacent to an activating group) is 1. The molecule has 2 heterocycles. The van der Waals surface area contributed by atoms with Crippen LogP contribution in [0.15, 0.2) is 108 Å². The fourth-order valence-electron chi connectivity index (χ4n) is 7.17. The van der Waals surface area contributed by atoms with Crippen molar-refractivity contribution in [1.29, 1.82) is 0 Å². The monoisotopic (exact) mass is 754 g/mol. The fraction of sp³-hybridized carbons (Fsp3) is 0.275. The molecule has 1 fully saturated rings.